The summed E-state index contributed by atoms with van der Waals surface area (Å²) < 4.78 is 31.0. The van der Waals surface area contributed by atoms with Gasteiger partial charge in [0.1, 0.15) is 0 Å². The van der Waals surface area contributed by atoms with Gasteiger partial charge in [-0.3, -0.25) is 0 Å². The third-order valence-electron chi connectivity index (χ3n) is 2.48. The largest absolute Gasteiger partial charge is 0.464 e. The highest BCUT2D eigenvalue weighted by Crippen LogP contribution is 2.21. The van der Waals surface area contributed by atoms with E-state index >= 15 is 0 Å². The molecule has 0 bridgehead atoms. The first-order valence-electron chi connectivity index (χ1n) is 5.24. The third-order valence-corrected chi connectivity index (χ3v) is 5.04. The number of rotatable bonds is 3. The molecule has 5 nitrogen and oxygen atoms in total. The van der Waals surface area contributed by atoms with E-state index in [-0.39, 0.29) is 10.6 Å². The highest BCUT2D eigenvalue weighted by Gasteiger charge is 2.25. The Morgan fingerprint density at radius 1 is 1.21 bits per heavy atom. The topological polar surface area (TPSA) is 65.4 Å². The summed E-state index contributed by atoms with van der Waals surface area (Å²) >= 11 is 1.89. The number of benzene rings is 1. The number of carbonyl (C=O) groups excluding carboxylic acids is 1. The zero-order chi connectivity index (χ0) is 14.0. The van der Waals surface area contributed by atoms with Gasteiger partial charge in [-0.25, -0.2) is 17.2 Å². The fourth-order valence-corrected chi connectivity index (χ4v) is 3.75. The number of methoxy groups -OCH3 is 1. The van der Waals surface area contributed by atoms with Crippen molar-refractivity contribution in [3.63, 3.8) is 0 Å². The molecule has 100 valence electrons. The van der Waals surface area contributed by atoms with Crippen molar-refractivity contribution >= 4 is 38.6 Å². The lowest BCUT2D eigenvalue weighted by Crippen LogP contribution is -2.19. The number of aromatic nitrogens is 1. The molecule has 0 saturated heterocycles. The van der Waals surface area contributed by atoms with E-state index in [0.29, 0.717) is 3.57 Å². The van der Waals surface area contributed by atoms with Crippen LogP contribution in [0.2, 0.25) is 0 Å². The molecular weight excluding hydrogens is 381 g/mol. The molecule has 0 aliphatic carbocycles. The van der Waals surface area contributed by atoms with E-state index in [1.807, 2.05) is 22.6 Å². The first-order valence-corrected chi connectivity index (χ1v) is 7.76. The molecule has 0 N–H and O–H groups in total. The van der Waals surface area contributed by atoms with Crippen LogP contribution in [0.25, 0.3) is 0 Å². The molecule has 1 aromatic carbocycles. The van der Waals surface area contributed by atoms with Crippen molar-refractivity contribution in [2.24, 2.45) is 0 Å². The molecule has 0 aliphatic heterocycles. The van der Waals surface area contributed by atoms with E-state index < -0.39 is 16.0 Å². The Bertz CT molecular complexity index is 707. The molecule has 0 spiro atoms. The van der Waals surface area contributed by atoms with E-state index in [0.717, 1.165) is 3.97 Å². The first-order chi connectivity index (χ1) is 8.98. The average molecular weight is 391 g/mol. The van der Waals surface area contributed by atoms with Gasteiger partial charge >= 0.3 is 5.97 Å². The molecule has 0 aliphatic rings. The van der Waals surface area contributed by atoms with Crippen LogP contribution in [0.3, 0.4) is 0 Å². The van der Waals surface area contributed by atoms with Crippen LogP contribution in [0.1, 0.15) is 10.5 Å². The molecule has 0 atom stereocenters. The number of nitrogens with zero attached hydrogens (tertiary/aromatic N) is 1. The van der Waals surface area contributed by atoms with Crippen LogP contribution in [-0.2, 0) is 14.8 Å². The lowest BCUT2D eigenvalue weighted by atomic mass is 10.4. The average Bonchev–Trinajstić information content (AvgIpc) is 2.81. The second-order valence-corrected chi connectivity index (χ2v) is 6.59. The van der Waals surface area contributed by atoms with Gasteiger partial charge in [-0.15, -0.1) is 0 Å². The highest BCUT2D eigenvalue weighted by molar-refractivity contribution is 14.1. The third kappa shape index (κ3) is 2.52. The van der Waals surface area contributed by atoms with E-state index in [1.165, 1.54) is 25.4 Å². The van der Waals surface area contributed by atoms with Crippen molar-refractivity contribution < 1.29 is 17.9 Å². The molecule has 0 saturated carbocycles. The molecule has 1 heterocycles. The summed E-state index contributed by atoms with van der Waals surface area (Å²) in [5, 5.41) is 0. The Morgan fingerprint density at radius 3 is 2.42 bits per heavy atom. The van der Waals surface area contributed by atoms with Crippen molar-refractivity contribution in [1.82, 2.24) is 3.97 Å². The van der Waals surface area contributed by atoms with Crippen molar-refractivity contribution in [2.45, 2.75) is 4.90 Å². The van der Waals surface area contributed by atoms with Crippen LogP contribution in [-0.4, -0.2) is 25.5 Å². The smallest absolute Gasteiger partial charge is 0.356 e. The molecule has 2 rings (SSSR count). The number of carbonyl (C=O) groups is 1. The van der Waals surface area contributed by atoms with Crippen molar-refractivity contribution in [3.8, 4) is 0 Å². The van der Waals surface area contributed by atoms with E-state index in [1.54, 1.807) is 24.3 Å². The minimum atomic E-state index is -3.79. The molecule has 7 heteroatoms. The summed E-state index contributed by atoms with van der Waals surface area (Å²) in [6.07, 6.45) is 1.34. The predicted octanol–water partition coefficient (Wildman–Crippen LogP) is 2.12. The summed E-state index contributed by atoms with van der Waals surface area (Å²) in [4.78, 5) is 11.8. The summed E-state index contributed by atoms with van der Waals surface area (Å²) in [5.74, 6) is -0.686. The molecule has 0 fully saturated rings. The van der Waals surface area contributed by atoms with E-state index in [4.69, 9.17) is 0 Å². The van der Waals surface area contributed by atoms with Crippen molar-refractivity contribution in [2.75, 3.05) is 7.11 Å². The maximum absolute atomic E-state index is 12.4. The lowest BCUT2D eigenvalue weighted by molar-refractivity contribution is 0.0591. The quantitative estimate of drug-likeness (QED) is 0.594. The van der Waals surface area contributed by atoms with Gasteiger partial charge in [-0.05, 0) is 40.8 Å². The monoisotopic (exact) mass is 391 g/mol. The normalized spacial score (nSPS) is 11.3. The molecule has 1 aromatic heterocycles. The van der Waals surface area contributed by atoms with Gasteiger partial charge in [0.2, 0.25) is 0 Å². The fourth-order valence-electron chi connectivity index (χ4n) is 1.58. The van der Waals surface area contributed by atoms with Gasteiger partial charge in [-0.1, -0.05) is 18.2 Å². The van der Waals surface area contributed by atoms with Crippen LogP contribution >= 0.6 is 22.6 Å². The van der Waals surface area contributed by atoms with Crippen molar-refractivity contribution in [3.05, 3.63) is 51.9 Å². The summed E-state index contributed by atoms with van der Waals surface area (Å²) in [6.45, 7) is 0. The molecular formula is C12H10INO4S. The Labute approximate surface area is 124 Å². The van der Waals surface area contributed by atoms with Gasteiger partial charge in [0.05, 0.1) is 12.0 Å². The summed E-state index contributed by atoms with van der Waals surface area (Å²) in [7, 11) is -2.58. The van der Waals surface area contributed by atoms with Gasteiger partial charge in [0.25, 0.3) is 10.0 Å². The number of hydrogen-bond donors (Lipinski definition) is 0. The van der Waals surface area contributed by atoms with E-state index in [2.05, 4.69) is 4.74 Å². The van der Waals surface area contributed by atoms with Crippen LogP contribution in [0.5, 0.6) is 0 Å². The van der Waals surface area contributed by atoms with Crippen LogP contribution in [0, 0.1) is 3.57 Å². The predicted molar refractivity (Wildman–Crippen MR) is 77.5 cm³/mol. The fraction of sp³-hybridized carbons (Fsp3) is 0.0833. The second kappa shape index (κ2) is 5.33. The summed E-state index contributed by atoms with van der Waals surface area (Å²) in [5.41, 5.74) is 0.00644. The maximum Gasteiger partial charge on any atom is 0.356 e. The van der Waals surface area contributed by atoms with E-state index in [9.17, 15) is 13.2 Å². The van der Waals surface area contributed by atoms with Gasteiger partial charge < -0.3 is 4.74 Å². The first kappa shape index (κ1) is 14.1. The minimum Gasteiger partial charge on any atom is -0.464 e. The number of halogens is 1. The SMILES string of the molecule is COC(=O)c1c(I)ccn1S(=O)(=O)c1ccccc1. The maximum atomic E-state index is 12.4. The minimum absolute atomic E-state index is 0.00644. The molecule has 2 aromatic rings. The molecule has 19 heavy (non-hydrogen) atoms. The summed E-state index contributed by atoms with van der Waals surface area (Å²) in [6, 6.07) is 9.47. The van der Waals surface area contributed by atoms with Gasteiger partial charge in [0, 0.05) is 9.77 Å². The van der Waals surface area contributed by atoms with Gasteiger partial charge in [-0.2, -0.15) is 0 Å². The number of esters is 1. The highest BCUT2D eigenvalue weighted by atomic mass is 127. The Morgan fingerprint density at radius 2 is 1.84 bits per heavy atom. The van der Waals surface area contributed by atoms with Crippen LogP contribution in [0.15, 0.2) is 47.5 Å². The second-order valence-electron chi connectivity index (χ2n) is 3.62. The van der Waals surface area contributed by atoms with Crippen molar-refractivity contribution in [1.29, 1.82) is 0 Å². The number of ether oxygens (including phenoxy) is 1. The van der Waals surface area contributed by atoms with Gasteiger partial charge in [0.15, 0.2) is 5.69 Å². The Kier molecular flexibility index (Phi) is 3.95. The zero-order valence-electron chi connectivity index (χ0n) is 9.91. The molecule has 0 amide bonds. The molecule has 0 radical (unpaired) electrons. The standard InChI is InChI=1S/C12H10INO4S/c1-18-12(15)11-10(13)7-8-14(11)19(16,17)9-5-3-2-4-6-9/h2-8H,1H3. The Hall–Kier alpha value is -1.35. The van der Waals surface area contributed by atoms with Crippen LogP contribution < -0.4 is 0 Å². The number of hydrogen-bond acceptors (Lipinski definition) is 4. The Balaban J connectivity index is 2.63. The van der Waals surface area contributed by atoms with Crippen LogP contribution in [0.4, 0.5) is 0 Å². The lowest BCUT2D eigenvalue weighted by Gasteiger charge is -2.09. The molecule has 0 unspecified atom stereocenters. The zero-order valence-corrected chi connectivity index (χ0v) is 12.9.